The topological polar surface area (TPSA) is 72.7 Å². The number of rotatable bonds is 0. The molecule has 1 N–H and O–H groups in total. The van der Waals surface area contributed by atoms with Crippen LogP contribution in [0.15, 0.2) is 15.9 Å². The third-order valence-corrected chi connectivity index (χ3v) is 1.86. The lowest BCUT2D eigenvalue weighted by Gasteiger charge is -2.00. The van der Waals surface area contributed by atoms with Crippen LogP contribution >= 0.6 is 0 Å². The lowest BCUT2D eigenvalue weighted by molar-refractivity contribution is 0.709. The Bertz CT molecular complexity index is 624. The molecule has 0 aliphatic carbocycles. The van der Waals surface area contributed by atoms with Gasteiger partial charge < -0.3 is 4.98 Å². The van der Waals surface area contributed by atoms with Crippen LogP contribution in [0.5, 0.6) is 0 Å². The van der Waals surface area contributed by atoms with E-state index < -0.39 is 18.2 Å². The average Bonchev–Trinajstić information content (AvgIpc) is 2.62. The Kier molecular flexibility index (Phi) is 1.02. The highest BCUT2D eigenvalue weighted by Crippen LogP contribution is 1.97. The summed E-state index contributed by atoms with van der Waals surface area (Å²) in [6.45, 7) is -1.53. The van der Waals surface area contributed by atoms with Crippen molar-refractivity contribution in [3.63, 3.8) is 0 Å². The Balaban J connectivity index is 3.08. The van der Waals surface area contributed by atoms with E-state index in [1.165, 1.54) is 13.4 Å². The van der Waals surface area contributed by atoms with Gasteiger partial charge in [-0.1, -0.05) is 0 Å². The van der Waals surface area contributed by atoms with Crippen LogP contribution in [-0.4, -0.2) is 19.1 Å². The van der Waals surface area contributed by atoms with E-state index in [1.54, 1.807) is 0 Å². The first-order valence-corrected chi connectivity index (χ1v) is 3.53. The molecule has 0 radical (unpaired) electrons. The SMILES string of the molecule is [2H]C([2H])n1c(=O)n(C)c(=O)c2[nH]cnc21. The van der Waals surface area contributed by atoms with Crippen LogP contribution in [0.1, 0.15) is 2.74 Å². The highest BCUT2D eigenvalue weighted by molar-refractivity contribution is 5.68. The molecule has 0 saturated heterocycles. The van der Waals surface area contributed by atoms with Crippen LogP contribution in [0.25, 0.3) is 11.2 Å². The second-order valence-corrected chi connectivity index (χ2v) is 2.62. The Morgan fingerprint density at radius 2 is 2.31 bits per heavy atom. The maximum absolute atomic E-state index is 11.6. The van der Waals surface area contributed by atoms with Crippen molar-refractivity contribution in [3.8, 4) is 0 Å². The summed E-state index contributed by atoms with van der Waals surface area (Å²) in [5.74, 6) is 0. The van der Waals surface area contributed by atoms with Gasteiger partial charge in [-0.25, -0.2) is 9.78 Å². The zero-order valence-electron chi connectivity index (χ0n) is 8.81. The molecule has 2 aromatic heterocycles. The van der Waals surface area contributed by atoms with E-state index in [4.69, 9.17) is 2.74 Å². The Morgan fingerprint density at radius 1 is 1.54 bits per heavy atom. The minimum Gasteiger partial charge on any atom is -0.339 e. The smallest absolute Gasteiger partial charge is 0.332 e. The van der Waals surface area contributed by atoms with Crippen LogP contribution in [-0.2, 0) is 14.0 Å². The third kappa shape index (κ3) is 0.851. The minimum atomic E-state index is -1.53. The van der Waals surface area contributed by atoms with Gasteiger partial charge in [-0.3, -0.25) is 13.9 Å². The van der Waals surface area contributed by atoms with E-state index in [-0.39, 0.29) is 11.2 Å². The van der Waals surface area contributed by atoms with Crippen molar-refractivity contribution in [1.82, 2.24) is 19.1 Å². The second kappa shape index (κ2) is 2.32. The molecule has 6 nitrogen and oxygen atoms in total. The number of hydrogen-bond acceptors (Lipinski definition) is 3. The van der Waals surface area contributed by atoms with E-state index in [9.17, 15) is 9.59 Å². The Morgan fingerprint density at radius 3 is 3.00 bits per heavy atom. The van der Waals surface area contributed by atoms with Gasteiger partial charge in [-0.05, 0) is 0 Å². The predicted octanol–water partition coefficient (Wildman–Crippen LogP) is -1.04. The van der Waals surface area contributed by atoms with Crippen molar-refractivity contribution in [3.05, 3.63) is 27.2 Å². The van der Waals surface area contributed by atoms with Gasteiger partial charge in [0.1, 0.15) is 5.52 Å². The number of aromatic amines is 1. The largest absolute Gasteiger partial charge is 0.339 e. The number of nitrogens with zero attached hydrogens (tertiary/aromatic N) is 3. The molecule has 13 heavy (non-hydrogen) atoms. The minimum absolute atomic E-state index is 0.0399. The molecule has 2 rings (SSSR count). The first-order valence-electron chi connectivity index (χ1n) is 4.68. The molecule has 68 valence electrons. The molecule has 0 aliphatic rings. The monoisotopic (exact) mass is 182 g/mol. The number of hydrogen-bond donors (Lipinski definition) is 1. The van der Waals surface area contributed by atoms with Crippen molar-refractivity contribution < 1.29 is 2.74 Å². The van der Waals surface area contributed by atoms with Crippen molar-refractivity contribution in [2.75, 3.05) is 0 Å². The zero-order chi connectivity index (χ0) is 11.2. The number of nitrogens with one attached hydrogen (secondary N) is 1. The molecular weight excluding hydrogens is 172 g/mol. The molecule has 2 aromatic rings. The molecule has 0 amide bonds. The van der Waals surface area contributed by atoms with Gasteiger partial charge >= 0.3 is 5.69 Å². The summed E-state index contributed by atoms with van der Waals surface area (Å²) in [6, 6.07) is 0. The summed E-state index contributed by atoms with van der Waals surface area (Å²) in [5, 5.41) is 0. The summed E-state index contributed by atoms with van der Waals surface area (Å²) >= 11 is 0. The third-order valence-electron chi connectivity index (χ3n) is 1.86. The van der Waals surface area contributed by atoms with E-state index in [2.05, 4.69) is 9.97 Å². The first-order chi connectivity index (χ1) is 7.04. The molecule has 0 saturated carbocycles. The number of imidazole rings is 1. The van der Waals surface area contributed by atoms with Gasteiger partial charge in [0.15, 0.2) is 5.65 Å². The summed E-state index contributed by atoms with van der Waals surface area (Å²) in [4.78, 5) is 29.5. The van der Waals surface area contributed by atoms with Crippen molar-refractivity contribution in [2.24, 2.45) is 14.0 Å². The lowest BCUT2D eigenvalue weighted by Crippen LogP contribution is -2.36. The Hall–Kier alpha value is -1.85. The van der Waals surface area contributed by atoms with Gasteiger partial charge in [-0.2, -0.15) is 0 Å². The predicted molar refractivity (Wildman–Crippen MR) is 46.6 cm³/mol. The first kappa shape index (κ1) is 5.74. The van der Waals surface area contributed by atoms with E-state index in [0.717, 1.165) is 9.13 Å². The normalized spacial score (nSPS) is 13.4. The quantitative estimate of drug-likeness (QED) is 0.565. The van der Waals surface area contributed by atoms with Gasteiger partial charge in [0.2, 0.25) is 0 Å². The van der Waals surface area contributed by atoms with E-state index >= 15 is 0 Å². The maximum atomic E-state index is 11.6. The van der Waals surface area contributed by atoms with Gasteiger partial charge in [0.05, 0.1) is 6.33 Å². The Labute approximate surface area is 75.3 Å². The molecule has 0 aromatic carbocycles. The van der Waals surface area contributed by atoms with Crippen molar-refractivity contribution >= 4 is 11.2 Å². The number of aromatic nitrogens is 4. The van der Waals surface area contributed by atoms with Gasteiger partial charge in [-0.15, -0.1) is 0 Å². The second-order valence-electron chi connectivity index (χ2n) is 2.62. The van der Waals surface area contributed by atoms with Crippen LogP contribution in [0.3, 0.4) is 0 Å². The molecule has 2 heterocycles. The molecule has 0 bridgehead atoms. The summed E-state index contributed by atoms with van der Waals surface area (Å²) in [5.41, 5.74) is -1.06. The maximum Gasteiger partial charge on any atom is 0.332 e. The van der Waals surface area contributed by atoms with Gasteiger partial charge in [0.25, 0.3) is 5.56 Å². The fraction of sp³-hybridized carbons (Fsp3) is 0.286. The molecular formula is C7H8N4O2. The van der Waals surface area contributed by atoms with Gasteiger partial charge in [0, 0.05) is 16.8 Å². The molecule has 0 atom stereocenters. The van der Waals surface area contributed by atoms with Crippen LogP contribution < -0.4 is 11.2 Å². The average molecular weight is 182 g/mol. The summed E-state index contributed by atoms with van der Waals surface area (Å²) < 4.78 is 16.1. The molecule has 0 aliphatic heterocycles. The summed E-state index contributed by atoms with van der Waals surface area (Å²) in [7, 11) is 1.30. The summed E-state index contributed by atoms with van der Waals surface area (Å²) in [6.07, 6.45) is 1.25. The highest BCUT2D eigenvalue weighted by Gasteiger charge is 2.08. The molecule has 0 fully saturated rings. The fourth-order valence-electron chi connectivity index (χ4n) is 1.13. The highest BCUT2D eigenvalue weighted by atomic mass is 16.2. The lowest BCUT2D eigenvalue weighted by atomic mass is 10.5. The molecule has 0 unspecified atom stereocenters. The number of aryl methyl sites for hydroxylation is 1. The standard InChI is InChI=1S/C7H8N4O2/c1-10-5-4(8-3-9-5)6(12)11(2)7(10)13/h3H,1-2H3,(H,8,9)/i1D2. The number of fused-ring (bicyclic) bond motifs is 1. The number of H-pyrrole nitrogens is 1. The van der Waals surface area contributed by atoms with Crippen LogP contribution in [0.4, 0.5) is 0 Å². The fourth-order valence-corrected chi connectivity index (χ4v) is 1.13. The van der Waals surface area contributed by atoms with Crippen LogP contribution in [0.2, 0.25) is 0 Å². The van der Waals surface area contributed by atoms with Crippen LogP contribution in [0, 0.1) is 0 Å². The van der Waals surface area contributed by atoms with Crippen molar-refractivity contribution in [2.45, 2.75) is 0 Å². The molecule has 6 heteroatoms. The molecule has 0 spiro atoms. The van der Waals surface area contributed by atoms with Crippen molar-refractivity contribution in [1.29, 1.82) is 0 Å². The van der Waals surface area contributed by atoms with E-state index in [1.807, 2.05) is 0 Å². The zero-order valence-corrected chi connectivity index (χ0v) is 6.81. The van der Waals surface area contributed by atoms with E-state index in [0.29, 0.717) is 0 Å².